The Labute approximate surface area is 195 Å². The predicted octanol–water partition coefficient (Wildman–Crippen LogP) is 2.86. The van der Waals surface area contributed by atoms with Crippen molar-refractivity contribution in [3.05, 3.63) is 41.0 Å². The van der Waals surface area contributed by atoms with Crippen LogP contribution >= 0.6 is 0 Å². The van der Waals surface area contributed by atoms with Gasteiger partial charge < -0.3 is 38.8 Å². The zero-order valence-electron chi connectivity index (χ0n) is 19.0. The van der Waals surface area contributed by atoms with E-state index in [9.17, 15) is 14.7 Å². The molecule has 2 heterocycles. The van der Waals surface area contributed by atoms with Crippen molar-refractivity contribution in [3.63, 3.8) is 0 Å². The lowest BCUT2D eigenvalue weighted by molar-refractivity contribution is -0.141. The van der Waals surface area contributed by atoms with Crippen LogP contribution in [0.3, 0.4) is 0 Å². The monoisotopic (exact) mass is 471 g/mol. The summed E-state index contributed by atoms with van der Waals surface area (Å²) in [5.41, 5.74) is 2.23. The average Bonchev–Trinajstić information content (AvgIpc) is 3.45. The number of amides is 1. The van der Waals surface area contributed by atoms with E-state index in [1.165, 1.54) is 14.2 Å². The number of hydrogen-bond donors (Lipinski definition) is 2. The molecule has 1 amide bonds. The Kier molecular flexibility index (Phi) is 5.51. The van der Waals surface area contributed by atoms with E-state index in [0.717, 1.165) is 11.1 Å². The number of hydrogen-bond acceptors (Lipinski definition) is 9. The van der Waals surface area contributed by atoms with E-state index in [0.29, 0.717) is 17.1 Å². The smallest absolute Gasteiger partial charge is 0.407 e. The minimum absolute atomic E-state index is 0.0780. The summed E-state index contributed by atoms with van der Waals surface area (Å²) in [6.07, 6.45) is -0.583. The molecule has 2 aliphatic heterocycles. The van der Waals surface area contributed by atoms with Gasteiger partial charge in [0.05, 0.1) is 39.4 Å². The Bertz CT molecular complexity index is 1120. The lowest BCUT2D eigenvalue weighted by Crippen LogP contribution is -2.43. The molecule has 1 aliphatic carbocycles. The number of ether oxygens (including phenoxy) is 6. The first-order chi connectivity index (χ1) is 16.5. The number of phenolic OH excluding ortho intramolecular Hbond substituents is 1. The number of alkyl carbamates (subject to hydrolysis) is 1. The van der Waals surface area contributed by atoms with Gasteiger partial charge >= 0.3 is 12.1 Å². The van der Waals surface area contributed by atoms with Gasteiger partial charge in [-0.25, -0.2) is 4.79 Å². The quantitative estimate of drug-likeness (QED) is 0.634. The van der Waals surface area contributed by atoms with Gasteiger partial charge in [-0.15, -0.1) is 0 Å². The number of phenols is 1. The fraction of sp³-hybridized carbons (Fsp3) is 0.417. The summed E-state index contributed by atoms with van der Waals surface area (Å²) in [4.78, 5) is 25.4. The van der Waals surface area contributed by atoms with Crippen LogP contribution in [0.5, 0.6) is 28.7 Å². The highest BCUT2D eigenvalue weighted by Gasteiger charge is 2.53. The Morgan fingerprint density at radius 3 is 2.32 bits per heavy atom. The molecule has 10 nitrogen and oxygen atoms in total. The average molecular weight is 471 g/mol. The first kappa shape index (κ1) is 22.0. The van der Waals surface area contributed by atoms with Gasteiger partial charge in [-0.1, -0.05) is 0 Å². The minimum Gasteiger partial charge on any atom is -0.502 e. The van der Waals surface area contributed by atoms with Crippen molar-refractivity contribution in [2.75, 3.05) is 34.2 Å². The summed E-state index contributed by atoms with van der Waals surface area (Å²) in [6.45, 7) is 2.15. The van der Waals surface area contributed by atoms with Crippen molar-refractivity contribution in [1.29, 1.82) is 0 Å². The molecule has 1 fully saturated rings. The lowest BCUT2D eigenvalue weighted by atomic mass is 9.65. The fourth-order valence-electron chi connectivity index (χ4n) is 5.14. The van der Waals surface area contributed by atoms with Crippen LogP contribution < -0.4 is 24.3 Å². The summed E-state index contributed by atoms with van der Waals surface area (Å²) in [5, 5.41) is 13.3. The van der Waals surface area contributed by atoms with Crippen LogP contribution in [0.1, 0.15) is 35.6 Å². The number of cyclic esters (lactones) is 1. The van der Waals surface area contributed by atoms with Gasteiger partial charge in [0.25, 0.3) is 0 Å². The molecule has 180 valence electrons. The third-order valence-electron chi connectivity index (χ3n) is 6.60. The molecule has 0 spiro atoms. The van der Waals surface area contributed by atoms with E-state index < -0.39 is 24.0 Å². The number of methoxy groups -OCH3 is 2. The zero-order valence-corrected chi connectivity index (χ0v) is 19.0. The maximum atomic E-state index is 13.0. The van der Waals surface area contributed by atoms with Gasteiger partial charge in [-0.05, 0) is 47.9 Å². The van der Waals surface area contributed by atoms with Gasteiger partial charge in [0.2, 0.25) is 12.5 Å². The number of benzene rings is 2. The highest BCUT2D eigenvalue weighted by atomic mass is 16.7. The standard InChI is InChI=1S/C24H25NO9/c1-4-31-24(28)25-21-13-8-16-15(33-10-34-16)7-12(13)19(20-14(21)9-32-23(20)27)11-5-17(29-2)22(26)18(6-11)30-3/h5-8,14,19-21,26H,4,9-10H2,1-3H3,(H,25,28)/t14-,19+,20-,21+/m0/s1. The number of carbonyl (C=O) groups is 2. The molecule has 0 radical (unpaired) electrons. The van der Waals surface area contributed by atoms with Crippen molar-refractivity contribution in [3.8, 4) is 28.7 Å². The summed E-state index contributed by atoms with van der Waals surface area (Å²) in [7, 11) is 2.88. The van der Waals surface area contributed by atoms with Gasteiger partial charge in [-0.3, -0.25) is 4.79 Å². The predicted molar refractivity (Wildman–Crippen MR) is 116 cm³/mol. The third-order valence-corrected chi connectivity index (χ3v) is 6.60. The molecule has 0 saturated carbocycles. The molecule has 1 saturated heterocycles. The Hall–Kier alpha value is -3.82. The molecule has 10 heteroatoms. The second kappa shape index (κ2) is 8.51. The van der Waals surface area contributed by atoms with Crippen LogP contribution in [0.4, 0.5) is 4.79 Å². The minimum atomic E-state index is -0.612. The molecular weight excluding hydrogens is 446 g/mol. The van der Waals surface area contributed by atoms with E-state index in [4.69, 9.17) is 28.4 Å². The first-order valence-electron chi connectivity index (χ1n) is 10.9. The number of fused-ring (bicyclic) bond motifs is 3. The van der Waals surface area contributed by atoms with Crippen molar-refractivity contribution < 1.29 is 43.1 Å². The lowest BCUT2D eigenvalue weighted by Gasteiger charge is -2.39. The summed E-state index contributed by atoms with van der Waals surface area (Å²) >= 11 is 0. The molecule has 3 aliphatic rings. The van der Waals surface area contributed by atoms with E-state index in [2.05, 4.69) is 5.32 Å². The molecule has 4 atom stereocenters. The van der Waals surface area contributed by atoms with Crippen LogP contribution in [0, 0.1) is 11.8 Å². The molecule has 5 rings (SSSR count). The maximum absolute atomic E-state index is 13.0. The van der Waals surface area contributed by atoms with Crippen molar-refractivity contribution in [1.82, 2.24) is 5.32 Å². The first-order valence-corrected chi connectivity index (χ1v) is 10.9. The molecule has 2 aromatic carbocycles. The molecule has 0 unspecified atom stereocenters. The maximum Gasteiger partial charge on any atom is 0.407 e. The highest BCUT2D eigenvalue weighted by Crippen LogP contribution is 2.55. The zero-order chi connectivity index (χ0) is 24.0. The number of nitrogens with one attached hydrogen (secondary N) is 1. The van der Waals surface area contributed by atoms with Gasteiger partial charge in [0.15, 0.2) is 23.0 Å². The van der Waals surface area contributed by atoms with Gasteiger partial charge in [0.1, 0.15) is 0 Å². The molecule has 0 aromatic heterocycles. The van der Waals surface area contributed by atoms with Crippen molar-refractivity contribution in [2.24, 2.45) is 11.8 Å². The van der Waals surface area contributed by atoms with Crippen molar-refractivity contribution in [2.45, 2.75) is 18.9 Å². The second-order valence-electron chi connectivity index (χ2n) is 8.25. The summed E-state index contributed by atoms with van der Waals surface area (Å²) < 4.78 is 32.5. The Balaban J connectivity index is 1.71. The van der Waals surface area contributed by atoms with Crippen molar-refractivity contribution >= 4 is 12.1 Å². The Morgan fingerprint density at radius 2 is 1.71 bits per heavy atom. The van der Waals surface area contributed by atoms with E-state index in [1.807, 2.05) is 12.1 Å². The number of aromatic hydroxyl groups is 1. The largest absolute Gasteiger partial charge is 0.502 e. The Morgan fingerprint density at radius 1 is 1.06 bits per heavy atom. The van der Waals surface area contributed by atoms with Gasteiger partial charge in [0, 0.05) is 11.8 Å². The van der Waals surface area contributed by atoms with E-state index in [-0.39, 0.29) is 49.1 Å². The topological polar surface area (TPSA) is 122 Å². The molecule has 2 N–H and O–H groups in total. The van der Waals surface area contributed by atoms with E-state index in [1.54, 1.807) is 19.1 Å². The molecule has 34 heavy (non-hydrogen) atoms. The summed E-state index contributed by atoms with van der Waals surface area (Å²) in [5.74, 6) is -0.438. The molecule has 0 bridgehead atoms. The third kappa shape index (κ3) is 3.41. The summed E-state index contributed by atoms with van der Waals surface area (Å²) in [6, 6.07) is 6.47. The van der Waals surface area contributed by atoms with E-state index >= 15 is 0 Å². The van der Waals surface area contributed by atoms with Crippen LogP contribution in [0.25, 0.3) is 0 Å². The van der Waals surface area contributed by atoms with Crippen LogP contribution in [0.2, 0.25) is 0 Å². The number of carbonyl (C=O) groups excluding carboxylic acids is 2. The number of esters is 1. The van der Waals surface area contributed by atoms with Crippen LogP contribution in [0.15, 0.2) is 24.3 Å². The number of rotatable bonds is 5. The normalized spacial score (nSPS) is 24.0. The highest BCUT2D eigenvalue weighted by molar-refractivity contribution is 5.79. The van der Waals surface area contributed by atoms with Crippen LogP contribution in [-0.2, 0) is 14.3 Å². The van der Waals surface area contributed by atoms with Crippen LogP contribution in [-0.4, -0.2) is 51.4 Å². The van der Waals surface area contributed by atoms with Gasteiger partial charge in [-0.2, -0.15) is 0 Å². The second-order valence-corrected chi connectivity index (χ2v) is 8.25. The molecular formula is C24H25NO9. The fourth-order valence-corrected chi connectivity index (χ4v) is 5.14. The molecule has 2 aromatic rings. The SMILES string of the molecule is CCOC(=O)N[C@@H]1c2cc3c(cc2[C@@H](c2cc(OC)c(O)c(OC)c2)[C@H]2C(=O)OC[C@@H]21)OCO3.